The molecule has 1 aliphatic rings. The molecule has 0 radical (unpaired) electrons. The number of rotatable bonds is 4. The number of hydrogen-bond acceptors (Lipinski definition) is 3. The Kier molecular flexibility index (Phi) is 4.31. The molecule has 4 nitrogen and oxygen atoms in total. The highest BCUT2D eigenvalue weighted by molar-refractivity contribution is 7.89. The summed E-state index contributed by atoms with van der Waals surface area (Å²) in [6.45, 7) is 1.31. The Bertz CT molecular complexity index is 481. The summed E-state index contributed by atoms with van der Waals surface area (Å²) in [5, 5.41) is 3.27. The SMILES string of the molecule is O=S(=O)(NCC1CCCCN1)c1ccc(F)cc1. The molecule has 2 N–H and O–H groups in total. The van der Waals surface area contributed by atoms with Gasteiger partial charge in [-0.05, 0) is 43.7 Å². The molecule has 18 heavy (non-hydrogen) atoms. The smallest absolute Gasteiger partial charge is 0.240 e. The summed E-state index contributed by atoms with van der Waals surface area (Å²) < 4.78 is 39.1. The Hall–Kier alpha value is -0.980. The molecular formula is C12H17FN2O2S. The third-order valence-electron chi connectivity index (χ3n) is 3.06. The van der Waals surface area contributed by atoms with Crippen molar-refractivity contribution in [2.45, 2.75) is 30.2 Å². The predicted molar refractivity (Wildman–Crippen MR) is 67.2 cm³/mol. The predicted octanol–water partition coefficient (Wildman–Crippen LogP) is 1.25. The quantitative estimate of drug-likeness (QED) is 0.867. The van der Waals surface area contributed by atoms with Crippen LogP contribution in [0.1, 0.15) is 19.3 Å². The van der Waals surface area contributed by atoms with E-state index in [1.54, 1.807) is 0 Å². The van der Waals surface area contributed by atoms with Crippen molar-refractivity contribution in [2.75, 3.05) is 13.1 Å². The van der Waals surface area contributed by atoms with Crippen LogP contribution >= 0.6 is 0 Å². The molecule has 1 aliphatic heterocycles. The van der Waals surface area contributed by atoms with Crippen LogP contribution < -0.4 is 10.0 Å². The molecule has 1 heterocycles. The zero-order valence-corrected chi connectivity index (χ0v) is 10.8. The Morgan fingerprint density at radius 1 is 1.28 bits per heavy atom. The van der Waals surface area contributed by atoms with Gasteiger partial charge < -0.3 is 5.32 Å². The number of benzene rings is 1. The summed E-state index contributed by atoms with van der Waals surface area (Å²) in [7, 11) is -3.53. The number of sulfonamides is 1. The zero-order chi connectivity index (χ0) is 13.0. The number of nitrogens with one attached hydrogen (secondary N) is 2. The van der Waals surface area contributed by atoms with E-state index in [0.717, 1.165) is 37.9 Å². The molecule has 1 aromatic rings. The average molecular weight is 272 g/mol. The lowest BCUT2D eigenvalue weighted by Gasteiger charge is -2.23. The van der Waals surface area contributed by atoms with Crippen LogP contribution in [0.25, 0.3) is 0 Å². The molecule has 1 aromatic carbocycles. The topological polar surface area (TPSA) is 58.2 Å². The molecule has 6 heteroatoms. The van der Waals surface area contributed by atoms with E-state index < -0.39 is 15.8 Å². The van der Waals surface area contributed by atoms with E-state index >= 15 is 0 Å². The lowest BCUT2D eigenvalue weighted by atomic mass is 10.1. The second-order valence-corrected chi connectivity index (χ2v) is 6.22. The van der Waals surface area contributed by atoms with Gasteiger partial charge in [-0.1, -0.05) is 6.42 Å². The number of halogens is 1. The highest BCUT2D eigenvalue weighted by Gasteiger charge is 2.18. The van der Waals surface area contributed by atoms with Gasteiger partial charge in [-0.15, -0.1) is 0 Å². The number of piperidine rings is 1. The van der Waals surface area contributed by atoms with Crippen LogP contribution in [0, 0.1) is 5.82 Å². The van der Waals surface area contributed by atoms with Crippen LogP contribution in [0.5, 0.6) is 0 Å². The molecule has 0 saturated carbocycles. The fourth-order valence-electron chi connectivity index (χ4n) is 2.01. The highest BCUT2D eigenvalue weighted by Crippen LogP contribution is 2.11. The van der Waals surface area contributed by atoms with Crippen LogP contribution in [0.4, 0.5) is 4.39 Å². The zero-order valence-electron chi connectivity index (χ0n) is 10.0. The van der Waals surface area contributed by atoms with E-state index in [1.165, 1.54) is 12.1 Å². The van der Waals surface area contributed by atoms with E-state index in [-0.39, 0.29) is 10.9 Å². The van der Waals surface area contributed by atoms with Gasteiger partial charge in [0.2, 0.25) is 10.0 Å². The lowest BCUT2D eigenvalue weighted by molar-refractivity contribution is 0.398. The van der Waals surface area contributed by atoms with E-state index in [0.29, 0.717) is 6.54 Å². The Morgan fingerprint density at radius 3 is 2.61 bits per heavy atom. The van der Waals surface area contributed by atoms with E-state index in [2.05, 4.69) is 10.0 Å². The first-order valence-corrected chi connectivity index (χ1v) is 7.55. The Morgan fingerprint density at radius 2 is 2.00 bits per heavy atom. The van der Waals surface area contributed by atoms with Gasteiger partial charge >= 0.3 is 0 Å². The van der Waals surface area contributed by atoms with E-state index in [9.17, 15) is 12.8 Å². The molecular weight excluding hydrogens is 255 g/mol. The van der Waals surface area contributed by atoms with Gasteiger partial charge in [0.05, 0.1) is 4.90 Å². The molecule has 0 aromatic heterocycles. The maximum atomic E-state index is 12.7. The number of hydrogen-bond donors (Lipinski definition) is 2. The van der Waals surface area contributed by atoms with Gasteiger partial charge in [0.1, 0.15) is 5.82 Å². The van der Waals surface area contributed by atoms with E-state index in [1.807, 2.05) is 0 Å². The molecule has 0 spiro atoms. The van der Waals surface area contributed by atoms with Gasteiger partial charge in [-0.3, -0.25) is 0 Å². The summed E-state index contributed by atoms with van der Waals surface area (Å²) in [5.74, 6) is -0.442. The van der Waals surface area contributed by atoms with Crippen molar-refractivity contribution in [3.8, 4) is 0 Å². The van der Waals surface area contributed by atoms with Crippen molar-refractivity contribution in [3.63, 3.8) is 0 Å². The summed E-state index contributed by atoms with van der Waals surface area (Å²) in [4.78, 5) is 0.0970. The van der Waals surface area contributed by atoms with Gasteiger partial charge in [-0.2, -0.15) is 0 Å². The van der Waals surface area contributed by atoms with Crippen molar-refractivity contribution >= 4 is 10.0 Å². The summed E-state index contributed by atoms with van der Waals surface area (Å²) >= 11 is 0. The van der Waals surface area contributed by atoms with Crippen molar-refractivity contribution in [1.82, 2.24) is 10.0 Å². The molecule has 1 atom stereocenters. The van der Waals surface area contributed by atoms with Crippen molar-refractivity contribution < 1.29 is 12.8 Å². The second kappa shape index (κ2) is 5.77. The Labute approximate surface area is 107 Å². The molecule has 0 bridgehead atoms. The first-order chi connectivity index (χ1) is 8.58. The third-order valence-corrected chi connectivity index (χ3v) is 4.50. The molecule has 1 unspecified atom stereocenters. The molecule has 2 rings (SSSR count). The van der Waals surface area contributed by atoms with Crippen molar-refractivity contribution in [3.05, 3.63) is 30.1 Å². The van der Waals surface area contributed by atoms with Gasteiger partial charge in [0, 0.05) is 12.6 Å². The first-order valence-electron chi connectivity index (χ1n) is 6.06. The maximum absolute atomic E-state index is 12.7. The minimum atomic E-state index is -3.53. The summed E-state index contributed by atoms with van der Waals surface area (Å²) in [5.41, 5.74) is 0. The van der Waals surface area contributed by atoms with Crippen LogP contribution in [0.3, 0.4) is 0 Å². The molecule has 0 amide bonds. The van der Waals surface area contributed by atoms with Crippen LogP contribution in [-0.4, -0.2) is 27.5 Å². The lowest BCUT2D eigenvalue weighted by Crippen LogP contribution is -2.43. The standard InChI is InChI=1S/C12H17FN2O2S/c13-10-4-6-12(7-5-10)18(16,17)15-9-11-3-1-2-8-14-11/h4-7,11,14-15H,1-3,8-9H2. The van der Waals surface area contributed by atoms with Crippen LogP contribution in [-0.2, 0) is 10.0 Å². The monoisotopic (exact) mass is 272 g/mol. The minimum Gasteiger partial charge on any atom is -0.313 e. The normalized spacial score (nSPS) is 20.8. The van der Waals surface area contributed by atoms with Gasteiger partial charge in [0.25, 0.3) is 0 Å². The Balaban J connectivity index is 1.96. The average Bonchev–Trinajstić information content (AvgIpc) is 2.38. The van der Waals surface area contributed by atoms with Gasteiger partial charge in [-0.25, -0.2) is 17.5 Å². The molecule has 1 saturated heterocycles. The molecule has 100 valence electrons. The van der Waals surface area contributed by atoms with E-state index in [4.69, 9.17) is 0 Å². The fourth-order valence-corrected chi connectivity index (χ4v) is 3.09. The van der Waals surface area contributed by atoms with Crippen molar-refractivity contribution in [1.29, 1.82) is 0 Å². The third kappa shape index (κ3) is 3.51. The molecule has 0 aliphatic carbocycles. The summed E-state index contributed by atoms with van der Waals surface area (Å²) in [6, 6.07) is 5.02. The fraction of sp³-hybridized carbons (Fsp3) is 0.500. The van der Waals surface area contributed by atoms with Crippen LogP contribution in [0.2, 0.25) is 0 Å². The second-order valence-electron chi connectivity index (χ2n) is 4.45. The summed E-state index contributed by atoms with van der Waals surface area (Å²) in [6.07, 6.45) is 3.24. The first kappa shape index (κ1) is 13.5. The molecule has 1 fully saturated rings. The maximum Gasteiger partial charge on any atom is 0.240 e. The van der Waals surface area contributed by atoms with Gasteiger partial charge in [0.15, 0.2) is 0 Å². The highest BCUT2D eigenvalue weighted by atomic mass is 32.2. The van der Waals surface area contributed by atoms with Crippen molar-refractivity contribution in [2.24, 2.45) is 0 Å². The minimum absolute atomic E-state index is 0.0970. The largest absolute Gasteiger partial charge is 0.313 e. The van der Waals surface area contributed by atoms with Crippen LogP contribution in [0.15, 0.2) is 29.2 Å².